The summed E-state index contributed by atoms with van der Waals surface area (Å²) in [5, 5.41) is 0. The van der Waals surface area contributed by atoms with E-state index < -0.39 is 5.60 Å². The Kier molecular flexibility index (Phi) is 8.69. The average molecular weight is 547 g/mol. The lowest BCUT2D eigenvalue weighted by Crippen LogP contribution is -2.23. The number of rotatable bonds is 10. The van der Waals surface area contributed by atoms with Crippen LogP contribution in [0.3, 0.4) is 0 Å². The van der Waals surface area contributed by atoms with Gasteiger partial charge in [-0.1, -0.05) is 66.7 Å². The Hall–Kier alpha value is -4.14. The van der Waals surface area contributed by atoms with Gasteiger partial charge in [-0.05, 0) is 42.7 Å². The van der Waals surface area contributed by atoms with Crippen molar-refractivity contribution in [1.29, 1.82) is 0 Å². The molecule has 0 saturated heterocycles. The molecule has 0 spiro atoms. The van der Waals surface area contributed by atoms with E-state index in [1.54, 1.807) is 7.11 Å². The number of methoxy groups -OCH3 is 1. The molecule has 5 rings (SSSR count). The highest BCUT2D eigenvalue weighted by molar-refractivity contribution is 5.85. The van der Waals surface area contributed by atoms with Gasteiger partial charge in [0.2, 0.25) is 0 Å². The lowest BCUT2D eigenvalue weighted by atomic mass is 10.1. The first-order valence-corrected chi connectivity index (χ1v) is 12.4. The van der Waals surface area contributed by atoms with Crippen molar-refractivity contribution in [3.63, 3.8) is 0 Å². The zero-order chi connectivity index (χ0) is 26.5. The average Bonchev–Trinajstić information content (AvgIpc) is 3.42. The number of ether oxygens (including phenoxy) is 3. The van der Waals surface area contributed by atoms with E-state index in [1.165, 1.54) is 6.33 Å². The van der Waals surface area contributed by atoms with Crippen LogP contribution in [0.5, 0.6) is 11.5 Å². The molecule has 9 heteroatoms. The quantitative estimate of drug-likeness (QED) is 0.244. The van der Waals surface area contributed by atoms with Gasteiger partial charge in [0.25, 0.3) is 5.56 Å². The van der Waals surface area contributed by atoms with Crippen LogP contribution >= 0.6 is 12.4 Å². The molecule has 0 fully saturated rings. The van der Waals surface area contributed by atoms with Gasteiger partial charge in [-0.15, -0.1) is 12.4 Å². The number of benzene rings is 3. The Morgan fingerprint density at radius 2 is 1.54 bits per heavy atom. The molecule has 0 aliphatic carbocycles. The van der Waals surface area contributed by atoms with Gasteiger partial charge < -0.3 is 23.8 Å². The lowest BCUT2D eigenvalue weighted by Gasteiger charge is -2.23. The Balaban J connectivity index is 0.00000353. The molecule has 0 unspecified atom stereocenters. The van der Waals surface area contributed by atoms with Crippen LogP contribution in [0.1, 0.15) is 36.4 Å². The first kappa shape index (κ1) is 27.9. The molecule has 39 heavy (non-hydrogen) atoms. The Labute approximate surface area is 233 Å². The van der Waals surface area contributed by atoms with E-state index >= 15 is 0 Å². The number of aromatic nitrogens is 4. The number of nitrogens with one attached hydrogen (secondary N) is 1. The number of imidazole rings is 1. The first-order chi connectivity index (χ1) is 18.4. The van der Waals surface area contributed by atoms with Crippen molar-refractivity contribution in [2.45, 2.75) is 39.2 Å². The highest BCUT2D eigenvalue weighted by Crippen LogP contribution is 2.30. The Morgan fingerprint density at radius 1 is 0.872 bits per heavy atom. The molecule has 0 aliphatic rings. The predicted octanol–water partition coefficient (Wildman–Crippen LogP) is 5.63. The second kappa shape index (κ2) is 12.1. The van der Waals surface area contributed by atoms with Crippen molar-refractivity contribution in [3.05, 3.63) is 118 Å². The van der Waals surface area contributed by atoms with Crippen LogP contribution < -0.4 is 15.0 Å². The minimum Gasteiger partial charge on any atom is -0.493 e. The van der Waals surface area contributed by atoms with Gasteiger partial charge in [0.05, 0.1) is 20.3 Å². The van der Waals surface area contributed by atoms with Gasteiger partial charge >= 0.3 is 0 Å². The van der Waals surface area contributed by atoms with Crippen LogP contribution in [0.2, 0.25) is 0 Å². The molecule has 0 aliphatic heterocycles. The molecule has 0 atom stereocenters. The fraction of sp³-hybridized carbons (Fsp3) is 0.233. The van der Waals surface area contributed by atoms with E-state index in [4.69, 9.17) is 19.2 Å². The number of fused-ring (bicyclic) bond motifs is 1. The number of nitrogens with zero attached hydrogens (tertiary/aromatic N) is 3. The molecule has 0 amide bonds. The minimum absolute atomic E-state index is 0. The fourth-order valence-electron chi connectivity index (χ4n) is 4.13. The maximum absolute atomic E-state index is 12.6. The van der Waals surface area contributed by atoms with Crippen LogP contribution in [0, 0.1) is 0 Å². The molecule has 5 aromatic rings. The molecule has 3 aromatic carbocycles. The van der Waals surface area contributed by atoms with Gasteiger partial charge in [-0.25, -0.2) is 4.98 Å². The molecular formula is C30H31ClN4O4. The molecule has 2 aromatic heterocycles. The summed E-state index contributed by atoms with van der Waals surface area (Å²) >= 11 is 0. The highest BCUT2D eigenvalue weighted by Gasteiger charge is 2.27. The third-order valence-corrected chi connectivity index (χ3v) is 6.32. The zero-order valence-electron chi connectivity index (χ0n) is 22.1. The smallest absolute Gasteiger partial charge is 0.298 e. The summed E-state index contributed by atoms with van der Waals surface area (Å²) in [7, 11) is 1.62. The highest BCUT2D eigenvalue weighted by atomic mass is 35.5. The predicted molar refractivity (Wildman–Crippen MR) is 153 cm³/mol. The molecule has 0 bridgehead atoms. The van der Waals surface area contributed by atoms with E-state index in [1.807, 2.05) is 97.3 Å². The van der Waals surface area contributed by atoms with Gasteiger partial charge in [0.15, 0.2) is 22.7 Å². The van der Waals surface area contributed by atoms with Crippen molar-refractivity contribution in [3.8, 4) is 11.5 Å². The van der Waals surface area contributed by atoms with Gasteiger partial charge in [0, 0.05) is 0 Å². The zero-order valence-corrected chi connectivity index (χ0v) is 22.9. The Morgan fingerprint density at radius 3 is 2.21 bits per heavy atom. The van der Waals surface area contributed by atoms with E-state index in [9.17, 15) is 4.79 Å². The summed E-state index contributed by atoms with van der Waals surface area (Å²) in [6.07, 6.45) is 1.52. The van der Waals surface area contributed by atoms with Crippen LogP contribution in [-0.4, -0.2) is 26.6 Å². The number of halogens is 1. The summed E-state index contributed by atoms with van der Waals surface area (Å²) in [5.74, 6) is 1.84. The minimum atomic E-state index is -0.752. The van der Waals surface area contributed by atoms with Crippen LogP contribution in [0.4, 0.5) is 0 Å². The SMILES string of the molecule is COc1ccc(Cn2cnc(=O)c3[nH]c(C(C)(C)OCc4ccccc4)nc32)cc1OCc1ccccc1.Cl. The molecule has 2 heterocycles. The topological polar surface area (TPSA) is 91.3 Å². The largest absolute Gasteiger partial charge is 0.493 e. The molecule has 0 radical (unpaired) electrons. The third-order valence-electron chi connectivity index (χ3n) is 6.32. The van der Waals surface area contributed by atoms with Crippen molar-refractivity contribution in [1.82, 2.24) is 19.5 Å². The molecule has 202 valence electrons. The van der Waals surface area contributed by atoms with Gasteiger partial charge in [-0.2, -0.15) is 4.98 Å². The van der Waals surface area contributed by atoms with E-state index in [0.29, 0.717) is 48.2 Å². The maximum Gasteiger partial charge on any atom is 0.298 e. The second-order valence-electron chi connectivity index (χ2n) is 9.51. The second-order valence-corrected chi connectivity index (χ2v) is 9.51. The summed E-state index contributed by atoms with van der Waals surface area (Å²) in [6, 6.07) is 25.7. The molecule has 1 N–H and O–H groups in total. The number of H-pyrrole nitrogens is 1. The van der Waals surface area contributed by atoms with Crippen molar-refractivity contribution >= 4 is 23.6 Å². The van der Waals surface area contributed by atoms with Crippen LogP contribution in [-0.2, 0) is 30.1 Å². The van der Waals surface area contributed by atoms with Crippen molar-refractivity contribution in [2.75, 3.05) is 7.11 Å². The van der Waals surface area contributed by atoms with Crippen LogP contribution in [0.15, 0.2) is 90.0 Å². The standard InChI is InChI=1S/C30H30N4O4.ClH/c1-30(2,38-19-22-12-8-5-9-13-22)29-32-26-27(33-29)34(20-31-28(26)35)17-23-14-15-24(36-3)25(16-23)37-18-21-10-6-4-7-11-21;/h4-16,20H,17-19H2,1-3H3,(H,32,33);1H. The fourth-order valence-corrected chi connectivity index (χ4v) is 4.13. The normalized spacial score (nSPS) is 11.3. The number of hydrogen-bond acceptors (Lipinski definition) is 6. The first-order valence-electron chi connectivity index (χ1n) is 12.4. The summed E-state index contributed by atoms with van der Waals surface area (Å²) in [5.41, 5.74) is 2.81. The summed E-state index contributed by atoms with van der Waals surface area (Å²) in [6.45, 7) is 5.13. The lowest BCUT2D eigenvalue weighted by molar-refractivity contribution is -0.0393. The molecular weight excluding hydrogens is 516 g/mol. The van der Waals surface area contributed by atoms with Crippen molar-refractivity contribution in [2.24, 2.45) is 0 Å². The summed E-state index contributed by atoms with van der Waals surface area (Å²) in [4.78, 5) is 24.6. The third kappa shape index (κ3) is 6.47. The van der Waals surface area contributed by atoms with E-state index in [-0.39, 0.29) is 18.0 Å². The monoisotopic (exact) mass is 546 g/mol. The number of hydrogen-bond donors (Lipinski definition) is 1. The summed E-state index contributed by atoms with van der Waals surface area (Å²) < 4.78 is 19.6. The molecule has 8 nitrogen and oxygen atoms in total. The van der Waals surface area contributed by atoms with Gasteiger partial charge in [-0.3, -0.25) is 4.79 Å². The maximum atomic E-state index is 12.6. The van der Waals surface area contributed by atoms with Crippen molar-refractivity contribution < 1.29 is 14.2 Å². The van der Waals surface area contributed by atoms with Crippen LogP contribution in [0.25, 0.3) is 11.2 Å². The Bertz CT molecular complexity index is 1580. The van der Waals surface area contributed by atoms with E-state index in [0.717, 1.165) is 16.7 Å². The van der Waals surface area contributed by atoms with Gasteiger partial charge in [0.1, 0.15) is 24.4 Å². The molecule has 0 saturated carbocycles. The van der Waals surface area contributed by atoms with E-state index in [2.05, 4.69) is 9.97 Å². The number of aromatic amines is 1.